The summed E-state index contributed by atoms with van der Waals surface area (Å²) in [5, 5.41) is 16.5. The largest absolute Gasteiger partial charge is 0.431 e. The lowest BCUT2D eigenvalue weighted by Crippen LogP contribution is -2.43. The van der Waals surface area contributed by atoms with Crippen LogP contribution in [0.25, 0.3) is 0 Å². The molecule has 2 heterocycles. The number of halogens is 3. The second-order valence-corrected chi connectivity index (χ2v) is 7.01. The van der Waals surface area contributed by atoms with E-state index in [2.05, 4.69) is 5.10 Å². The minimum Gasteiger partial charge on any atom is -0.364 e. The summed E-state index contributed by atoms with van der Waals surface area (Å²) in [5.74, 6) is -0.629. The molecule has 1 aliphatic rings. The highest BCUT2D eigenvalue weighted by molar-refractivity contribution is 7.10. The summed E-state index contributed by atoms with van der Waals surface area (Å²) in [6.45, 7) is 0. The number of thiophene rings is 1. The molecule has 0 unspecified atom stereocenters. The van der Waals surface area contributed by atoms with Gasteiger partial charge >= 0.3 is 6.18 Å². The van der Waals surface area contributed by atoms with Crippen LogP contribution in [0.1, 0.15) is 29.7 Å². The van der Waals surface area contributed by atoms with Crippen molar-refractivity contribution in [2.75, 3.05) is 0 Å². The third-order valence-corrected chi connectivity index (χ3v) is 5.17. The van der Waals surface area contributed by atoms with E-state index in [1.165, 1.54) is 6.07 Å². The molecule has 0 aliphatic carbocycles. The lowest BCUT2D eigenvalue weighted by atomic mass is 10.0. The molecule has 2 aromatic rings. The number of aliphatic hydroxyl groups is 1. The van der Waals surface area contributed by atoms with Gasteiger partial charge in [0.15, 0.2) is 0 Å². The van der Waals surface area contributed by atoms with Crippen LogP contribution in [0, 0.1) is 0 Å². The Balaban J connectivity index is 1.75. The number of alkyl halides is 3. The number of hydrogen-bond donors (Lipinski definition) is 1. The van der Waals surface area contributed by atoms with Gasteiger partial charge in [-0.3, -0.25) is 4.79 Å². The maximum absolute atomic E-state index is 13.1. The average molecular weight is 382 g/mol. The van der Waals surface area contributed by atoms with E-state index in [0.29, 0.717) is 17.9 Å². The fourth-order valence-corrected chi connectivity index (χ4v) is 3.67. The monoisotopic (exact) mass is 382 g/mol. The van der Waals surface area contributed by atoms with E-state index in [-0.39, 0.29) is 11.3 Å². The van der Waals surface area contributed by atoms with Crippen molar-refractivity contribution in [2.45, 2.75) is 37.6 Å². The van der Waals surface area contributed by atoms with Gasteiger partial charge < -0.3 is 5.11 Å². The number of nitrogens with zero attached hydrogens (tertiary/aromatic N) is 2. The molecule has 1 amide bonds. The molecule has 4 nitrogen and oxygen atoms in total. The molecule has 1 atom stereocenters. The summed E-state index contributed by atoms with van der Waals surface area (Å²) >= 11 is 1.09. The van der Waals surface area contributed by atoms with E-state index >= 15 is 0 Å². The van der Waals surface area contributed by atoms with Crippen LogP contribution in [-0.4, -0.2) is 27.9 Å². The van der Waals surface area contributed by atoms with Crippen molar-refractivity contribution < 1.29 is 23.1 Å². The Kier molecular flexibility index (Phi) is 5.15. The van der Waals surface area contributed by atoms with Gasteiger partial charge in [0, 0.05) is 6.42 Å². The molecule has 3 rings (SSSR count). The molecule has 0 saturated carbocycles. The van der Waals surface area contributed by atoms with E-state index in [4.69, 9.17) is 0 Å². The Hall–Kier alpha value is -2.19. The van der Waals surface area contributed by atoms with Crippen LogP contribution in [0.4, 0.5) is 13.2 Å². The fraction of sp³-hybridized carbons (Fsp3) is 0.333. The van der Waals surface area contributed by atoms with Crippen molar-refractivity contribution in [3.63, 3.8) is 0 Å². The van der Waals surface area contributed by atoms with Crippen LogP contribution in [-0.2, 0) is 16.9 Å². The summed E-state index contributed by atoms with van der Waals surface area (Å²) in [7, 11) is 0. The highest BCUT2D eigenvalue weighted by Gasteiger charge is 2.53. The minimum absolute atomic E-state index is 0.00276. The zero-order chi connectivity index (χ0) is 18.8. The highest BCUT2D eigenvalue weighted by atomic mass is 32.1. The summed E-state index contributed by atoms with van der Waals surface area (Å²) in [4.78, 5) is 12.8. The third kappa shape index (κ3) is 3.81. The predicted octanol–water partition coefficient (Wildman–Crippen LogP) is 4.07. The zero-order valence-corrected chi connectivity index (χ0v) is 14.6. The molecule has 8 heteroatoms. The van der Waals surface area contributed by atoms with Gasteiger partial charge in [-0.2, -0.15) is 23.3 Å². The Bertz CT molecular complexity index is 791. The molecule has 1 aliphatic heterocycles. The van der Waals surface area contributed by atoms with E-state index < -0.39 is 29.9 Å². The van der Waals surface area contributed by atoms with Crippen molar-refractivity contribution in [3.05, 3.63) is 58.3 Å². The van der Waals surface area contributed by atoms with Gasteiger partial charge in [0.1, 0.15) is 5.71 Å². The molecule has 26 heavy (non-hydrogen) atoms. The Morgan fingerprint density at radius 1 is 1.23 bits per heavy atom. The smallest absolute Gasteiger partial charge is 0.364 e. The van der Waals surface area contributed by atoms with Crippen LogP contribution in [0.2, 0.25) is 0 Å². The quantitative estimate of drug-likeness (QED) is 0.848. The van der Waals surface area contributed by atoms with Crippen molar-refractivity contribution in [3.8, 4) is 0 Å². The summed E-state index contributed by atoms with van der Waals surface area (Å²) in [6.07, 6.45) is -4.38. The second-order valence-electron chi connectivity index (χ2n) is 6.06. The first-order valence-corrected chi connectivity index (χ1v) is 8.97. The summed E-state index contributed by atoms with van der Waals surface area (Å²) in [5.41, 5.74) is -2.19. The zero-order valence-electron chi connectivity index (χ0n) is 13.7. The van der Waals surface area contributed by atoms with E-state index in [1.807, 2.05) is 30.3 Å². The van der Waals surface area contributed by atoms with Gasteiger partial charge in [0.2, 0.25) is 11.6 Å². The Morgan fingerprint density at radius 3 is 2.58 bits per heavy atom. The van der Waals surface area contributed by atoms with E-state index in [0.717, 1.165) is 16.9 Å². The first-order chi connectivity index (χ1) is 12.3. The maximum atomic E-state index is 13.1. The average Bonchev–Trinajstić information content (AvgIpc) is 3.24. The number of amides is 1. The number of hydrogen-bond acceptors (Lipinski definition) is 4. The first-order valence-electron chi connectivity index (χ1n) is 8.09. The number of carbonyl (C=O) groups excluding carboxylic acids is 1. The van der Waals surface area contributed by atoms with E-state index in [1.54, 1.807) is 11.4 Å². The van der Waals surface area contributed by atoms with Gasteiger partial charge in [-0.25, -0.2) is 0 Å². The molecule has 1 aromatic carbocycles. The lowest BCUT2D eigenvalue weighted by molar-refractivity contribution is -0.157. The SMILES string of the molecule is O=C(CCCc1ccccc1)N1N=C(C(F)(F)F)C[C@@]1(O)c1cccs1. The fourth-order valence-electron chi connectivity index (χ4n) is 2.86. The van der Waals surface area contributed by atoms with Crippen LogP contribution in [0.15, 0.2) is 52.9 Å². The minimum atomic E-state index is -4.69. The van der Waals surface area contributed by atoms with Gasteiger partial charge in [0.05, 0.1) is 11.3 Å². The molecule has 0 bridgehead atoms. The number of rotatable bonds is 5. The van der Waals surface area contributed by atoms with Crippen LogP contribution in [0.3, 0.4) is 0 Å². The van der Waals surface area contributed by atoms with Crippen LogP contribution in [0.5, 0.6) is 0 Å². The van der Waals surface area contributed by atoms with Gasteiger partial charge in [-0.1, -0.05) is 36.4 Å². The van der Waals surface area contributed by atoms with Crippen LogP contribution >= 0.6 is 11.3 Å². The van der Waals surface area contributed by atoms with Crippen molar-refractivity contribution in [1.29, 1.82) is 0 Å². The van der Waals surface area contributed by atoms with Gasteiger partial charge in [-0.15, -0.1) is 11.3 Å². The topological polar surface area (TPSA) is 52.9 Å². The normalized spacial score (nSPS) is 20.3. The molecular formula is C18H17F3N2O2S. The number of aryl methyl sites for hydroxylation is 1. The van der Waals surface area contributed by atoms with E-state index in [9.17, 15) is 23.1 Å². The van der Waals surface area contributed by atoms with Crippen molar-refractivity contribution in [2.24, 2.45) is 5.10 Å². The Labute approximate surface area is 152 Å². The summed E-state index contributed by atoms with van der Waals surface area (Å²) < 4.78 is 39.2. The molecule has 1 N–H and O–H groups in total. The molecule has 0 saturated heterocycles. The first kappa shape index (κ1) is 18.6. The molecule has 0 fully saturated rings. The number of hydrazone groups is 1. The second kappa shape index (κ2) is 7.20. The summed E-state index contributed by atoms with van der Waals surface area (Å²) in [6, 6.07) is 12.6. The van der Waals surface area contributed by atoms with Crippen LogP contribution < -0.4 is 0 Å². The van der Waals surface area contributed by atoms with Crippen molar-refractivity contribution >= 4 is 23.0 Å². The highest BCUT2D eigenvalue weighted by Crippen LogP contribution is 2.41. The molecule has 1 aromatic heterocycles. The van der Waals surface area contributed by atoms with Gasteiger partial charge in [0.25, 0.3) is 0 Å². The molecule has 138 valence electrons. The standard InChI is InChI=1S/C18H17F3N2O2S/c19-18(20,21)14-12-17(25,15-9-5-11-26-15)23(22-14)16(24)10-4-8-13-6-2-1-3-7-13/h1-3,5-7,9,11,25H,4,8,10,12H2/t17-/m1/s1. The van der Waals surface area contributed by atoms with Gasteiger partial charge in [-0.05, 0) is 29.9 Å². The molecule has 0 radical (unpaired) electrons. The number of carbonyl (C=O) groups is 1. The Morgan fingerprint density at radius 2 is 1.96 bits per heavy atom. The maximum Gasteiger partial charge on any atom is 0.431 e. The number of benzene rings is 1. The third-order valence-electron chi connectivity index (χ3n) is 4.16. The predicted molar refractivity (Wildman–Crippen MR) is 92.5 cm³/mol. The lowest BCUT2D eigenvalue weighted by Gasteiger charge is -2.30. The molecule has 0 spiro atoms. The molecular weight excluding hydrogens is 365 g/mol. The van der Waals surface area contributed by atoms with Crippen molar-refractivity contribution in [1.82, 2.24) is 5.01 Å².